The van der Waals surface area contributed by atoms with Crippen LogP contribution in [0.25, 0.3) is 99.5 Å². The molecule has 0 fully saturated rings. The molecule has 6 heterocycles. The van der Waals surface area contributed by atoms with Crippen LogP contribution in [0, 0.1) is 13.8 Å². The highest BCUT2D eigenvalue weighted by Gasteiger charge is 2.51. The van der Waals surface area contributed by atoms with Crippen molar-refractivity contribution in [3.05, 3.63) is 228 Å². The minimum Gasteiger partial charge on any atom is -0.456 e. The van der Waals surface area contributed by atoms with E-state index in [4.69, 9.17) is 9.47 Å². The lowest BCUT2D eigenvalue weighted by molar-refractivity contribution is 0.472. The Balaban J connectivity index is 1.02. The zero-order valence-electron chi connectivity index (χ0n) is 50.7. The van der Waals surface area contributed by atoms with Gasteiger partial charge < -0.3 is 18.6 Å². The molecule has 0 bridgehead atoms. The predicted molar refractivity (Wildman–Crippen MR) is 365 cm³/mol. The minimum atomic E-state index is -0.195. The number of hydrogen-bond donors (Lipinski definition) is 0. The molecule has 0 atom stereocenters. The Hall–Kier alpha value is -9.25. The standard InChI is InChI=1S/C80H66B2N2O2/c1-43(2)49-13-21-53(22-14-49)57-29-31-69-61(37-57)63-39-59(55-25-17-51(18-26-55)45(5)6)41-67-75(63)83(69)77-73-80(86-71-33-11-47(9)35-65(71)81(67)73)78-74-79(77)85-72-34-12-48(10)36-66(72)82(74)68-42-60(56-27-19-52(20-28-56)46(7)8)40-64-62-38-58(30-32-70(62)84(78)76(64)68)54-23-15-50(16-24-54)44(3)4/h11-46H,1-10H3. The fraction of sp³-hybridized carbons (Fsp3) is 0.175. The summed E-state index contributed by atoms with van der Waals surface area (Å²) in [5.74, 6) is 5.33. The van der Waals surface area contributed by atoms with Crippen molar-refractivity contribution in [3.8, 4) is 78.9 Å². The van der Waals surface area contributed by atoms with Crippen LogP contribution in [0.2, 0.25) is 0 Å². The summed E-state index contributed by atoms with van der Waals surface area (Å²) in [5.41, 5.74) is 31.4. The van der Waals surface area contributed by atoms with E-state index in [-0.39, 0.29) is 13.4 Å². The molecule has 6 heteroatoms. The van der Waals surface area contributed by atoms with E-state index in [0.717, 1.165) is 56.3 Å². The summed E-state index contributed by atoms with van der Waals surface area (Å²) in [6, 6.07) is 75.0. The molecule has 414 valence electrons. The first-order valence-corrected chi connectivity index (χ1v) is 31.2. The number of nitrogens with zero attached hydrogens (tertiary/aromatic N) is 2. The molecule has 2 aromatic heterocycles. The van der Waals surface area contributed by atoms with E-state index in [9.17, 15) is 0 Å². The molecule has 13 aromatic rings. The van der Waals surface area contributed by atoms with Crippen molar-refractivity contribution in [2.24, 2.45) is 0 Å². The number of rotatable bonds is 8. The van der Waals surface area contributed by atoms with Crippen molar-refractivity contribution in [3.63, 3.8) is 0 Å². The van der Waals surface area contributed by atoms with Gasteiger partial charge in [0.2, 0.25) is 0 Å². The molecule has 0 saturated carbocycles. The van der Waals surface area contributed by atoms with Crippen molar-refractivity contribution < 1.29 is 9.47 Å². The third-order valence-corrected chi connectivity index (χ3v) is 19.9. The van der Waals surface area contributed by atoms with Crippen LogP contribution < -0.4 is 42.3 Å². The zero-order chi connectivity index (χ0) is 58.3. The minimum absolute atomic E-state index is 0.195. The second-order valence-electron chi connectivity index (χ2n) is 26.5. The van der Waals surface area contributed by atoms with Gasteiger partial charge in [0.25, 0.3) is 13.4 Å². The van der Waals surface area contributed by atoms with E-state index in [1.54, 1.807) is 0 Å². The Morgan fingerprint density at radius 2 is 0.616 bits per heavy atom. The summed E-state index contributed by atoms with van der Waals surface area (Å²) in [5, 5.41) is 4.89. The maximum atomic E-state index is 7.84. The summed E-state index contributed by atoms with van der Waals surface area (Å²) in [4.78, 5) is 0. The third-order valence-electron chi connectivity index (χ3n) is 19.9. The quantitative estimate of drug-likeness (QED) is 0.142. The first kappa shape index (κ1) is 51.2. The molecule has 0 aliphatic carbocycles. The number of benzene rings is 11. The van der Waals surface area contributed by atoms with Gasteiger partial charge in [-0.15, -0.1) is 0 Å². The largest absolute Gasteiger partial charge is 0.456 e. The van der Waals surface area contributed by atoms with Crippen LogP contribution in [0.5, 0.6) is 23.0 Å². The van der Waals surface area contributed by atoms with Crippen molar-refractivity contribution in [2.75, 3.05) is 0 Å². The molecule has 17 rings (SSSR count). The lowest BCUT2D eigenvalue weighted by Gasteiger charge is -2.41. The van der Waals surface area contributed by atoms with Gasteiger partial charge in [-0.3, -0.25) is 0 Å². The van der Waals surface area contributed by atoms with Crippen molar-refractivity contribution in [1.29, 1.82) is 0 Å². The number of aryl methyl sites for hydroxylation is 2. The highest BCUT2D eigenvalue weighted by atomic mass is 16.5. The van der Waals surface area contributed by atoms with E-state index in [0.29, 0.717) is 23.7 Å². The Bertz CT molecular complexity index is 4740. The molecule has 0 N–H and O–H groups in total. The number of hydrogen-bond acceptors (Lipinski definition) is 2. The van der Waals surface area contributed by atoms with Crippen LogP contribution >= 0.6 is 0 Å². The average molecular weight is 1110 g/mol. The van der Waals surface area contributed by atoms with Gasteiger partial charge in [-0.2, -0.15) is 0 Å². The molecule has 4 aliphatic rings. The summed E-state index contributed by atoms with van der Waals surface area (Å²) in [6.45, 7) is 22.2. The molecule has 86 heavy (non-hydrogen) atoms. The Labute approximate surface area is 504 Å². The molecule has 11 aromatic carbocycles. The smallest absolute Gasteiger partial charge is 0.256 e. The van der Waals surface area contributed by atoms with Gasteiger partial charge in [0.1, 0.15) is 23.0 Å². The highest BCUT2D eigenvalue weighted by Crippen LogP contribution is 2.50. The molecule has 0 spiro atoms. The second kappa shape index (κ2) is 18.6. The van der Waals surface area contributed by atoms with Crippen molar-refractivity contribution in [2.45, 2.75) is 92.9 Å². The van der Waals surface area contributed by atoms with Gasteiger partial charge in [-0.05, 0) is 175 Å². The van der Waals surface area contributed by atoms with E-state index in [1.165, 1.54) is 132 Å². The number of fused-ring (bicyclic) bond motifs is 16. The van der Waals surface area contributed by atoms with E-state index in [2.05, 4.69) is 272 Å². The van der Waals surface area contributed by atoms with Crippen LogP contribution in [0.1, 0.15) is 112 Å². The molecule has 4 nitrogen and oxygen atoms in total. The average Bonchev–Trinajstić information content (AvgIpc) is 1.26. The predicted octanol–water partition coefficient (Wildman–Crippen LogP) is 17.5. The summed E-state index contributed by atoms with van der Waals surface area (Å²) < 4.78 is 20.8. The van der Waals surface area contributed by atoms with Gasteiger partial charge in [0.05, 0.1) is 22.4 Å². The van der Waals surface area contributed by atoms with Gasteiger partial charge in [0.15, 0.2) is 0 Å². The van der Waals surface area contributed by atoms with E-state index >= 15 is 0 Å². The number of ether oxygens (including phenoxy) is 2. The fourth-order valence-electron chi connectivity index (χ4n) is 15.2. The Morgan fingerprint density at radius 3 is 0.953 bits per heavy atom. The van der Waals surface area contributed by atoms with Gasteiger partial charge in [-0.1, -0.05) is 212 Å². The summed E-state index contributed by atoms with van der Waals surface area (Å²) in [7, 11) is 0. The normalized spacial score (nSPS) is 13.3. The molecule has 4 aliphatic heterocycles. The monoisotopic (exact) mass is 1110 g/mol. The second-order valence-corrected chi connectivity index (χ2v) is 26.5. The van der Waals surface area contributed by atoms with Crippen molar-refractivity contribution in [1.82, 2.24) is 9.13 Å². The zero-order valence-corrected chi connectivity index (χ0v) is 50.7. The molecule has 0 amide bonds. The SMILES string of the molecule is Cc1ccc2c(c1)B1c3c(c4c5c(c3-n3c6ccc(-c7ccc(C(C)C)cc7)cc6c6cc(-c7ccc(C(C)C)cc7)cc1c63)Oc1ccc(C)cc1B5c1cc(-c3ccc(C(C)C)cc3)cc3c5cc(-c6ccc(C(C)C)cc6)ccc5n-4c13)O2. The van der Waals surface area contributed by atoms with Crippen LogP contribution in [0.3, 0.4) is 0 Å². The maximum absolute atomic E-state index is 7.84. The molecule has 0 unspecified atom stereocenters. The van der Waals surface area contributed by atoms with Gasteiger partial charge in [-0.25, -0.2) is 0 Å². The van der Waals surface area contributed by atoms with Crippen LogP contribution in [-0.2, 0) is 0 Å². The number of aromatic nitrogens is 2. The van der Waals surface area contributed by atoms with Crippen LogP contribution in [-0.4, -0.2) is 22.6 Å². The van der Waals surface area contributed by atoms with Crippen molar-refractivity contribution >= 4 is 89.8 Å². The van der Waals surface area contributed by atoms with E-state index in [1.807, 2.05) is 0 Å². The lowest BCUT2D eigenvalue weighted by atomic mass is 9.31. The molecule has 0 radical (unpaired) electrons. The fourth-order valence-corrected chi connectivity index (χ4v) is 15.2. The molecular weight excluding hydrogens is 1040 g/mol. The topological polar surface area (TPSA) is 28.3 Å². The van der Waals surface area contributed by atoms with Crippen LogP contribution in [0.4, 0.5) is 0 Å². The summed E-state index contributed by atoms with van der Waals surface area (Å²) >= 11 is 0. The summed E-state index contributed by atoms with van der Waals surface area (Å²) in [6.07, 6.45) is 0. The van der Waals surface area contributed by atoms with E-state index < -0.39 is 0 Å². The first-order valence-electron chi connectivity index (χ1n) is 31.2. The lowest BCUT2D eigenvalue weighted by Crippen LogP contribution is -2.63. The third kappa shape index (κ3) is 7.38. The van der Waals surface area contributed by atoms with Gasteiger partial charge in [0, 0.05) is 43.5 Å². The molecular formula is C80H66B2N2O2. The first-order chi connectivity index (χ1) is 41.7. The maximum Gasteiger partial charge on any atom is 0.256 e. The highest BCUT2D eigenvalue weighted by molar-refractivity contribution is 7.02. The van der Waals surface area contributed by atoms with Crippen LogP contribution in [0.15, 0.2) is 194 Å². The Kier molecular flexibility index (Phi) is 11.1. The van der Waals surface area contributed by atoms with Gasteiger partial charge >= 0.3 is 0 Å². The molecule has 0 saturated heterocycles. The Morgan fingerprint density at radius 1 is 0.302 bits per heavy atom.